The van der Waals surface area contributed by atoms with E-state index in [-0.39, 0.29) is 0 Å². The second-order valence-corrected chi connectivity index (χ2v) is 7.86. The predicted molar refractivity (Wildman–Crippen MR) is 105 cm³/mol. The first-order valence-corrected chi connectivity index (χ1v) is 10.2. The highest BCUT2D eigenvalue weighted by molar-refractivity contribution is 5.85. The molecule has 12 nitrogen and oxygen atoms in total. The van der Waals surface area contributed by atoms with Gasteiger partial charge in [0.1, 0.15) is 54.6 Å². The van der Waals surface area contributed by atoms with Crippen LogP contribution in [0.3, 0.4) is 0 Å². The maximum Gasteiger partial charge on any atom is 0.229 e. The van der Waals surface area contributed by atoms with Gasteiger partial charge in [0.05, 0.1) is 13.2 Å². The lowest BCUT2D eigenvalue weighted by Crippen LogP contribution is -2.62. The zero-order valence-electron chi connectivity index (χ0n) is 16.8. The van der Waals surface area contributed by atoms with Gasteiger partial charge in [-0.1, -0.05) is 12.1 Å². The van der Waals surface area contributed by atoms with Crippen molar-refractivity contribution in [2.45, 2.75) is 61.4 Å². The Hall–Kier alpha value is -1.84. The number of aliphatic hydroxyl groups is 7. The molecule has 2 saturated heterocycles. The summed E-state index contributed by atoms with van der Waals surface area (Å²) in [4.78, 5) is 3.01. The second-order valence-electron chi connectivity index (χ2n) is 7.86. The van der Waals surface area contributed by atoms with Crippen LogP contribution in [-0.2, 0) is 14.2 Å². The number of hydrogen-bond donors (Lipinski definition) is 8. The van der Waals surface area contributed by atoms with Gasteiger partial charge in [0.25, 0.3) is 0 Å². The molecule has 4 rings (SSSR count). The zero-order valence-corrected chi connectivity index (χ0v) is 16.8. The van der Waals surface area contributed by atoms with Crippen molar-refractivity contribution in [2.24, 2.45) is 0 Å². The van der Waals surface area contributed by atoms with Crippen molar-refractivity contribution >= 4 is 10.9 Å². The van der Waals surface area contributed by atoms with Gasteiger partial charge in [0.2, 0.25) is 6.29 Å². The first-order valence-electron chi connectivity index (χ1n) is 10.2. The van der Waals surface area contributed by atoms with Gasteiger partial charge < -0.3 is 59.7 Å². The maximum absolute atomic E-state index is 10.3. The number of aliphatic hydroxyl groups excluding tert-OH is 7. The fraction of sp³-hybridized carbons (Fsp3) is 0.600. The molecule has 0 aliphatic carbocycles. The van der Waals surface area contributed by atoms with Gasteiger partial charge in [0, 0.05) is 17.1 Å². The normalized spacial score (nSPS) is 40.5. The number of ether oxygens (including phenoxy) is 4. The van der Waals surface area contributed by atoms with Crippen LogP contribution in [0.25, 0.3) is 10.9 Å². The summed E-state index contributed by atoms with van der Waals surface area (Å²) in [6.45, 7) is -1.06. The molecule has 1 aromatic heterocycles. The molecule has 2 fully saturated rings. The van der Waals surface area contributed by atoms with E-state index < -0.39 is 74.6 Å². The van der Waals surface area contributed by atoms with Gasteiger partial charge in [-0.15, -0.1) is 0 Å². The first kappa shape index (κ1) is 23.3. The third-order valence-corrected chi connectivity index (χ3v) is 5.74. The molecule has 0 radical (unpaired) electrons. The van der Waals surface area contributed by atoms with Crippen molar-refractivity contribution in [3.8, 4) is 5.75 Å². The number of hydrogen-bond acceptors (Lipinski definition) is 11. The summed E-state index contributed by atoms with van der Waals surface area (Å²) in [5.74, 6) is 0.363. The SMILES string of the molecule is OCC1OC(OCC2OC(Oc3c[nH]c4ccccc34)C(O)C(O)C2O)C(O)C(O)C1O. The van der Waals surface area contributed by atoms with E-state index in [2.05, 4.69) is 4.98 Å². The largest absolute Gasteiger partial charge is 0.460 e. The molecule has 178 valence electrons. The molecular formula is C20H27NO11. The quantitative estimate of drug-likeness (QED) is 0.223. The molecule has 2 aliphatic heterocycles. The molecule has 2 aliphatic rings. The van der Waals surface area contributed by atoms with Crippen LogP contribution in [0.15, 0.2) is 30.5 Å². The van der Waals surface area contributed by atoms with Crippen LogP contribution in [0.5, 0.6) is 5.75 Å². The number of aromatic nitrogens is 1. The summed E-state index contributed by atoms with van der Waals surface area (Å²) < 4.78 is 22.0. The average Bonchev–Trinajstić information content (AvgIpc) is 3.21. The van der Waals surface area contributed by atoms with Crippen LogP contribution < -0.4 is 4.74 Å². The van der Waals surface area contributed by atoms with E-state index in [4.69, 9.17) is 18.9 Å². The van der Waals surface area contributed by atoms with E-state index in [1.165, 1.54) is 0 Å². The third-order valence-electron chi connectivity index (χ3n) is 5.74. The molecule has 32 heavy (non-hydrogen) atoms. The summed E-state index contributed by atoms with van der Waals surface area (Å²) in [5.41, 5.74) is 0.788. The van der Waals surface area contributed by atoms with Gasteiger partial charge in [-0.25, -0.2) is 0 Å². The molecular weight excluding hydrogens is 430 g/mol. The van der Waals surface area contributed by atoms with Gasteiger partial charge in [-0.3, -0.25) is 0 Å². The molecule has 3 heterocycles. The van der Waals surface area contributed by atoms with Crippen molar-refractivity contribution in [2.75, 3.05) is 13.2 Å². The second kappa shape index (κ2) is 9.57. The summed E-state index contributed by atoms with van der Waals surface area (Å²) in [6.07, 6.45) is -13.2. The monoisotopic (exact) mass is 457 g/mol. The molecule has 1 aromatic carbocycles. The molecule has 12 heteroatoms. The van der Waals surface area contributed by atoms with Crippen molar-refractivity contribution in [3.63, 3.8) is 0 Å². The van der Waals surface area contributed by atoms with Gasteiger partial charge in [-0.2, -0.15) is 0 Å². The molecule has 2 aromatic rings. The van der Waals surface area contributed by atoms with Crippen LogP contribution in [-0.4, -0.2) is 115 Å². The summed E-state index contributed by atoms with van der Waals surface area (Å²) in [6, 6.07) is 7.26. The summed E-state index contributed by atoms with van der Waals surface area (Å²) in [7, 11) is 0. The average molecular weight is 457 g/mol. The fourth-order valence-electron chi connectivity index (χ4n) is 3.81. The third kappa shape index (κ3) is 4.34. The van der Waals surface area contributed by atoms with Crippen LogP contribution >= 0.6 is 0 Å². The van der Waals surface area contributed by atoms with E-state index in [0.29, 0.717) is 5.75 Å². The summed E-state index contributed by atoms with van der Waals surface area (Å²) in [5, 5.41) is 70.6. The van der Waals surface area contributed by atoms with Gasteiger partial charge in [0.15, 0.2) is 6.29 Å². The lowest BCUT2D eigenvalue weighted by Gasteiger charge is -2.42. The highest BCUT2D eigenvalue weighted by Gasteiger charge is 2.47. The van der Waals surface area contributed by atoms with Crippen molar-refractivity contribution in [1.29, 1.82) is 0 Å². The predicted octanol–water partition coefficient (Wildman–Crippen LogP) is -2.83. The van der Waals surface area contributed by atoms with E-state index in [1.54, 1.807) is 18.3 Å². The van der Waals surface area contributed by atoms with Crippen molar-refractivity contribution in [1.82, 2.24) is 4.98 Å². The molecule has 0 saturated carbocycles. The fourth-order valence-corrected chi connectivity index (χ4v) is 3.81. The van der Waals surface area contributed by atoms with Crippen molar-refractivity contribution < 1.29 is 54.7 Å². The minimum Gasteiger partial charge on any atom is -0.460 e. The molecule has 8 N–H and O–H groups in total. The smallest absolute Gasteiger partial charge is 0.229 e. The van der Waals surface area contributed by atoms with E-state index in [9.17, 15) is 35.7 Å². The number of para-hydroxylation sites is 1. The lowest BCUT2D eigenvalue weighted by atomic mass is 9.98. The Morgan fingerprint density at radius 1 is 0.781 bits per heavy atom. The van der Waals surface area contributed by atoms with Gasteiger partial charge in [-0.05, 0) is 12.1 Å². The Bertz CT molecular complexity index is 891. The van der Waals surface area contributed by atoms with Crippen LogP contribution in [0, 0.1) is 0 Å². The highest BCUT2D eigenvalue weighted by Crippen LogP contribution is 2.30. The number of fused-ring (bicyclic) bond motifs is 1. The van der Waals surface area contributed by atoms with Crippen LogP contribution in [0.2, 0.25) is 0 Å². The highest BCUT2D eigenvalue weighted by atomic mass is 16.7. The number of nitrogens with one attached hydrogen (secondary N) is 1. The Morgan fingerprint density at radius 3 is 2.12 bits per heavy atom. The standard InChI is InChI=1S/C20H27NO11/c22-6-11-13(23)15(25)17(27)19(31-11)29-7-12-14(24)16(26)18(28)20(32-12)30-10-5-21-9-4-2-1-3-8(9)10/h1-5,11-28H,6-7H2. The molecule has 0 amide bonds. The topological polar surface area (TPSA) is 194 Å². The Morgan fingerprint density at radius 2 is 1.41 bits per heavy atom. The first-order chi connectivity index (χ1) is 15.3. The van der Waals surface area contributed by atoms with E-state index in [1.807, 2.05) is 12.1 Å². The van der Waals surface area contributed by atoms with E-state index in [0.717, 1.165) is 10.9 Å². The molecule has 0 bridgehead atoms. The number of benzene rings is 1. The molecule has 10 atom stereocenters. The number of H-pyrrole nitrogens is 1. The Kier molecular flexibility index (Phi) is 6.97. The Labute approximate surface area is 182 Å². The lowest BCUT2D eigenvalue weighted by molar-refractivity contribution is -0.323. The molecule has 10 unspecified atom stereocenters. The van der Waals surface area contributed by atoms with Crippen molar-refractivity contribution in [3.05, 3.63) is 30.5 Å². The van der Waals surface area contributed by atoms with Crippen LogP contribution in [0.1, 0.15) is 0 Å². The van der Waals surface area contributed by atoms with Gasteiger partial charge >= 0.3 is 0 Å². The molecule has 0 spiro atoms. The maximum atomic E-state index is 10.3. The van der Waals surface area contributed by atoms with Crippen LogP contribution in [0.4, 0.5) is 0 Å². The zero-order chi connectivity index (χ0) is 23.0. The number of rotatable bonds is 6. The minimum absolute atomic E-state index is 0.363. The Balaban J connectivity index is 1.43. The van der Waals surface area contributed by atoms with E-state index >= 15 is 0 Å². The minimum atomic E-state index is -1.64. The number of aromatic amines is 1. The summed E-state index contributed by atoms with van der Waals surface area (Å²) >= 11 is 0.